The van der Waals surface area contributed by atoms with Crippen molar-refractivity contribution >= 4 is 0 Å². The zero-order valence-electron chi connectivity index (χ0n) is 15.9. The lowest BCUT2D eigenvalue weighted by molar-refractivity contribution is -0.230. The fourth-order valence-electron chi connectivity index (χ4n) is 3.77. The lowest BCUT2D eigenvalue weighted by atomic mass is 9.96. The molecule has 1 atom stereocenters. The van der Waals surface area contributed by atoms with Crippen LogP contribution in [-0.4, -0.2) is 27.2 Å². The van der Waals surface area contributed by atoms with Crippen LogP contribution in [0, 0.1) is 0 Å². The average molecular weight is 343 g/mol. The highest BCUT2D eigenvalue weighted by Crippen LogP contribution is 2.22. The molecule has 0 saturated heterocycles. The standard InChI is InChI=1S/C21H42O3/c22-20-18-16-14-12-10-8-6-4-2-1-3-5-7-9-11-13-15-17-19-21(20,23)24/h20,22-24H,1-19H2. The average Bonchev–Trinajstić information content (AvgIpc) is 2.55. The predicted molar refractivity (Wildman–Crippen MR) is 101 cm³/mol. The van der Waals surface area contributed by atoms with Crippen molar-refractivity contribution in [3.8, 4) is 0 Å². The second-order valence-corrected chi connectivity index (χ2v) is 7.94. The van der Waals surface area contributed by atoms with Gasteiger partial charge in [0, 0.05) is 6.42 Å². The quantitative estimate of drug-likeness (QED) is 0.513. The molecule has 1 unspecified atom stereocenters. The number of hydrogen-bond acceptors (Lipinski definition) is 3. The van der Waals surface area contributed by atoms with E-state index < -0.39 is 11.9 Å². The largest absolute Gasteiger partial charge is 0.388 e. The molecule has 0 amide bonds. The fourth-order valence-corrected chi connectivity index (χ4v) is 3.77. The van der Waals surface area contributed by atoms with Gasteiger partial charge in [0.05, 0.1) is 0 Å². The summed E-state index contributed by atoms with van der Waals surface area (Å²) in [6, 6.07) is 0. The van der Waals surface area contributed by atoms with Crippen LogP contribution in [0.2, 0.25) is 0 Å². The summed E-state index contributed by atoms with van der Waals surface area (Å²) < 4.78 is 0. The van der Waals surface area contributed by atoms with Crippen LogP contribution < -0.4 is 0 Å². The first-order valence-electron chi connectivity index (χ1n) is 10.8. The van der Waals surface area contributed by atoms with Crippen LogP contribution >= 0.6 is 0 Å². The van der Waals surface area contributed by atoms with Gasteiger partial charge in [0.2, 0.25) is 0 Å². The normalized spacial score (nSPS) is 27.9. The molecule has 0 aromatic carbocycles. The lowest BCUT2D eigenvalue weighted by Crippen LogP contribution is -2.42. The van der Waals surface area contributed by atoms with Gasteiger partial charge < -0.3 is 15.3 Å². The van der Waals surface area contributed by atoms with E-state index >= 15 is 0 Å². The Morgan fingerprint density at radius 2 is 0.750 bits per heavy atom. The minimum atomic E-state index is -1.89. The van der Waals surface area contributed by atoms with Crippen molar-refractivity contribution < 1.29 is 15.3 Å². The first kappa shape index (κ1) is 21.9. The summed E-state index contributed by atoms with van der Waals surface area (Å²) in [4.78, 5) is 0. The van der Waals surface area contributed by atoms with Gasteiger partial charge in [-0.25, -0.2) is 0 Å². The summed E-state index contributed by atoms with van der Waals surface area (Å²) in [5, 5.41) is 30.1. The molecule has 1 fully saturated rings. The van der Waals surface area contributed by atoms with Crippen molar-refractivity contribution in [2.75, 3.05) is 0 Å². The van der Waals surface area contributed by atoms with E-state index in [1.807, 2.05) is 0 Å². The van der Waals surface area contributed by atoms with E-state index in [2.05, 4.69) is 0 Å². The number of aliphatic hydroxyl groups is 3. The van der Waals surface area contributed by atoms with Gasteiger partial charge >= 0.3 is 0 Å². The number of hydrogen-bond donors (Lipinski definition) is 3. The summed E-state index contributed by atoms with van der Waals surface area (Å²) >= 11 is 0. The Hall–Kier alpha value is -0.120. The van der Waals surface area contributed by atoms with Crippen molar-refractivity contribution in [2.24, 2.45) is 0 Å². The van der Waals surface area contributed by atoms with Gasteiger partial charge in [-0.15, -0.1) is 0 Å². The summed E-state index contributed by atoms with van der Waals surface area (Å²) in [6.07, 6.45) is 20.9. The van der Waals surface area contributed by atoms with Gasteiger partial charge in [0.1, 0.15) is 6.10 Å². The van der Waals surface area contributed by atoms with Gasteiger partial charge in [-0.1, -0.05) is 103 Å². The Kier molecular flexibility index (Phi) is 12.9. The molecule has 1 aliphatic carbocycles. The molecule has 0 aromatic heterocycles. The Morgan fingerprint density at radius 3 is 1.12 bits per heavy atom. The molecule has 0 aliphatic heterocycles. The van der Waals surface area contributed by atoms with E-state index in [-0.39, 0.29) is 0 Å². The Labute approximate surface area is 149 Å². The second-order valence-electron chi connectivity index (χ2n) is 7.94. The number of aliphatic hydroxyl groups excluding tert-OH is 1. The monoisotopic (exact) mass is 342 g/mol. The van der Waals surface area contributed by atoms with Crippen molar-refractivity contribution in [1.82, 2.24) is 0 Å². The van der Waals surface area contributed by atoms with E-state index in [0.29, 0.717) is 12.8 Å². The second kappa shape index (κ2) is 14.1. The molecule has 0 spiro atoms. The number of rotatable bonds is 0. The Bertz CT molecular complexity index is 278. The van der Waals surface area contributed by atoms with Crippen LogP contribution in [0.4, 0.5) is 0 Å². The Morgan fingerprint density at radius 1 is 0.458 bits per heavy atom. The molecule has 3 N–H and O–H groups in total. The van der Waals surface area contributed by atoms with Crippen LogP contribution in [0.15, 0.2) is 0 Å². The Balaban J connectivity index is 2.26. The van der Waals surface area contributed by atoms with Crippen LogP contribution in [-0.2, 0) is 0 Å². The van der Waals surface area contributed by atoms with Gasteiger partial charge in [-0.05, 0) is 12.8 Å². The molecule has 24 heavy (non-hydrogen) atoms. The molecule has 0 radical (unpaired) electrons. The van der Waals surface area contributed by atoms with Crippen molar-refractivity contribution in [1.29, 1.82) is 0 Å². The smallest absolute Gasteiger partial charge is 0.189 e. The molecule has 0 bridgehead atoms. The van der Waals surface area contributed by atoms with Gasteiger partial charge in [0.15, 0.2) is 5.79 Å². The molecular weight excluding hydrogens is 300 g/mol. The maximum absolute atomic E-state index is 10.0. The summed E-state index contributed by atoms with van der Waals surface area (Å²) in [5.41, 5.74) is 0. The highest BCUT2D eigenvalue weighted by molar-refractivity contribution is 4.75. The topological polar surface area (TPSA) is 60.7 Å². The van der Waals surface area contributed by atoms with E-state index in [4.69, 9.17) is 0 Å². The van der Waals surface area contributed by atoms with Crippen LogP contribution in [0.5, 0.6) is 0 Å². The van der Waals surface area contributed by atoms with E-state index in [1.165, 1.54) is 83.5 Å². The van der Waals surface area contributed by atoms with E-state index in [9.17, 15) is 15.3 Å². The van der Waals surface area contributed by atoms with E-state index in [1.54, 1.807) is 0 Å². The lowest BCUT2D eigenvalue weighted by Gasteiger charge is -2.27. The third-order valence-corrected chi connectivity index (χ3v) is 5.56. The van der Waals surface area contributed by atoms with Gasteiger partial charge in [-0.3, -0.25) is 0 Å². The molecule has 0 heterocycles. The highest BCUT2D eigenvalue weighted by Gasteiger charge is 2.31. The zero-order valence-corrected chi connectivity index (χ0v) is 15.9. The van der Waals surface area contributed by atoms with E-state index in [0.717, 1.165) is 25.7 Å². The molecule has 3 nitrogen and oxygen atoms in total. The minimum absolute atomic E-state index is 0.300. The maximum Gasteiger partial charge on any atom is 0.189 e. The third kappa shape index (κ3) is 11.4. The van der Waals surface area contributed by atoms with Crippen LogP contribution in [0.25, 0.3) is 0 Å². The summed E-state index contributed by atoms with van der Waals surface area (Å²) in [5.74, 6) is -1.89. The van der Waals surface area contributed by atoms with Crippen molar-refractivity contribution in [2.45, 2.75) is 134 Å². The molecule has 1 aliphatic rings. The molecule has 1 saturated carbocycles. The summed E-state index contributed by atoms with van der Waals surface area (Å²) in [7, 11) is 0. The first-order chi connectivity index (χ1) is 11.6. The molecule has 3 heteroatoms. The molecule has 144 valence electrons. The molecule has 0 aromatic rings. The SMILES string of the molecule is OC1CCCCCCCCCCCCCCCCCCCC1(O)O. The van der Waals surface area contributed by atoms with Crippen molar-refractivity contribution in [3.05, 3.63) is 0 Å². The zero-order chi connectivity index (χ0) is 17.5. The summed E-state index contributed by atoms with van der Waals surface area (Å²) in [6.45, 7) is 0. The molecule has 1 rings (SSSR count). The predicted octanol–water partition coefficient (Wildman–Crippen LogP) is 5.45. The van der Waals surface area contributed by atoms with Gasteiger partial charge in [0.25, 0.3) is 0 Å². The van der Waals surface area contributed by atoms with Crippen molar-refractivity contribution in [3.63, 3.8) is 0 Å². The maximum atomic E-state index is 10.0. The van der Waals surface area contributed by atoms with Gasteiger partial charge in [-0.2, -0.15) is 0 Å². The minimum Gasteiger partial charge on any atom is -0.388 e. The van der Waals surface area contributed by atoms with Crippen LogP contribution in [0.1, 0.15) is 122 Å². The third-order valence-electron chi connectivity index (χ3n) is 5.56. The molecular formula is C21H42O3. The fraction of sp³-hybridized carbons (Fsp3) is 1.00. The highest BCUT2D eigenvalue weighted by atomic mass is 16.5. The van der Waals surface area contributed by atoms with Crippen LogP contribution in [0.3, 0.4) is 0 Å². The first-order valence-corrected chi connectivity index (χ1v) is 10.8.